The smallest absolute Gasteiger partial charge is 0.344 e. The monoisotopic (exact) mass is 411 g/mol. The number of methoxy groups -OCH3 is 1. The molecule has 1 aromatic heterocycles. The molecule has 0 radical (unpaired) electrons. The number of hydrogen-bond acceptors (Lipinski definition) is 4. The van der Waals surface area contributed by atoms with Crippen LogP contribution in [-0.2, 0) is 5.41 Å². The number of hydrogen-bond donors (Lipinski definition) is 0. The summed E-state index contributed by atoms with van der Waals surface area (Å²) >= 11 is 0. The number of carbonyl (C=O) groups excluding carboxylic acids is 1. The number of para-hydroxylation sites is 1. The fourth-order valence-corrected chi connectivity index (χ4v) is 3.44. The van der Waals surface area contributed by atoms with Crippen LogP contribution >= 0.6 is 0 Å². The number of aromatic nitrogens is 1. The zero-order valence-corrected chi connectivity index (χ0v) is 18.2. The van der Waals surface area contributed by atoms with Gasteiger partial charge in [0.05, 0.1) is 23.9 Å². The molecule has 0 saturated heterocycles. The van der Waals surface area contributed by atoms with E-state index in [2.05, 4.69) is 20.8 Å². The third kappa shape index (κ3) is 4.43. The molecule has 0 atom stereocenters. The lowest BCUT2D eigenvalue weighted by atomic mass is 9.87. The van der Waals surface area contributed by atoms with Gasteiger partial charge in [0.1, 0.15) is 11.5 Å². The van der Waals surface area contributed by atoms with Gasteiger partial charge in [0, 0.05) is 10.9 Å². The van der Waals surface area contributed by atoms with Crippen LogP contribution in [0.4, 0.5) is 0 Å². The molecule has 4 aromatic rings. The summed E-state index contributed by atoms with van der Waals surface area (Å²) in [4.78, 5) is 17.9. The number of nitrogens with zero attached hydrogens (tertiary/aromatic N) is 1. The van der Waals surface area contributed by atoms with Crippen molar-refractivity contribution in [2.45, 2.75) is 26.2 Å². The molecule has 0 unspecified atom stereocenters. The molecule has 0 amide bonds. The number of fused-ring (bicyclic) bond motifs is 1. The van der Waals surface area contributed by atoms with Crippen molar-refractivity contribution in [1.29, 1.82) is 0 Å². The molecular weight excluding hydrogens is 386 g/mol. The highest BCUT2D eigenvalue weighted by Crippen LogP contribution is 2.28. The molecule has 4 rings (SSSR count). The van der Waals surface area contributed by atoms with Crippen LogP contribution in [0.15, 0.2) is 78.9 Å². The van der Waals surface area contributed by atoms with E-state index in [9.17, 15) is 4.79 Å². The largest absolute Gasteiger partial charge is 0.497 e. The molecule has 4 nitrogen and oxygen atoms in total. The first-order valence-corrected chi connectivity index (χ1v) is 10.2. The van der Waals surface area contributed by atoms with Crippen LogP contribution < -0.4 is 9.47 Å². The fourth-order valence-electron chi connectivity index (χ4n) is 3.44. The Hall–Kier alpha value is -3.66. The summed E-state index contributed by atoms with van der Waals surface area (Å²) in [5.41, 5.74) is 4.05. The summed E-state index contributed by atoms with van der Waals surface area (Å²) in [6.07, 6.45) is 0. The van der Waals surface area contributed by atoms with Crippen molar-refractivity contribution in [3.8, 4) is 22.8 Å². The SMILES string of the molecule is COc1ccc(-c2cc(C(=O)Oc3ccc(C(C)(C)C)cc3)c3ccccc3n2)cc1. The van der Waals surface area contributed by atoms with Gasteiger partial charge in [-0.25, -0.2) is 9.78 Å². The maximum Gasteiger partial charge on any atom is 0.344 e. The molecule has 0 saturated carbocycles. The van der Waals surface area contributed by atoms with Gasteiger partial charge < -0.3 is 9.47 Å². The third-order valence-electron chi connectivity index (χ3n) is 5.25. The van der Waals surface area contributed by atoms with E-state index >= 15 is 0 Å². The van der Waals surface area contributed by atoms with E-state index in [0.717, 1.165) is 22.2 Å². The molecule has 156 valence electrons. The first kappa shape index (κ1) is 20.6. The number of esters is 1. The highest BCUT2D eigenvalue weighted by molar-refractivity contribution is 6.05. The molecule has 0 aliphatic rings. The minimum Gasteiger partial charge on any atom is -0.497 e. The lowest BCUT2D eigenvalue weighted by Gasteiger charge is -2.19. The zero-order chi connectivity index (χ0) is 22.0. The molecule has 0 N–H and O–H groups in total. The Bertz CT molecular complexity index is 1220. The number of pyridine rings is 1. The van der Waals surface area contributed by atoms with Crippen LogP contribution in [0, 0.1) is 0 Å². The Kier molecular flexibility index (Phi) is 5.47. The third-order valence-corrected chi connectivity index (χ3v) is 5.25. The van der Waals surface area contributed by atoms with Crippen LogP contribution in [0.3, 0.4) is 0 Å². The predicted molar refractivity (Wildman–Crippen MR) is 124 cm³/mol. The molecule has 4 heteroatoms. The average Bonchev–Trinajstić information content (AvgIpc) is 2.78. The number of rotatable bonds is 4. The van der Waals surface area contributed by atoms with Crippen molar-refractivity contribution in [2.75, 3.05) is 7.11 Å². The van der Waals surface area contributed by atoms with Crippen molar-refractivity contribution < 1.29 is 14.3 Å². The minimum absolute atomic E-state index is 0.0388. The number of benzene rings is 3. The average molecular weight is 412 g/mol. The molecule has 0 spiro atoms. The molecule has 1 heterocycles. The Morgan fingerprint density at radius 1 is 0.839 bits per heavy atom. The summed E-state index contributed by atoms with van der Waals surface area (Å²) in [5, 5.41) is 0.760. The second kappa shape index (κ2) is 8.23. The molecular formula is C27H25NO3. The fraction of sp³-hybridized carbons (Fsp3) is 0.185. The van der Waals surface area contributed by atoms with Crippen molar-refractivity contribution in [3.63, 3.8) is 0 Å². The van der Waals surface area contributed by atoms with E-state index in [1.165, 1.54) is 5.56 Å². The summed E-state index contributed by atoms with van der Waals surface area (Å²) in [6, 6.07) is 24.7. The van der Waals surface area contributed by atoms with E-state index in [4.69, 9.17) is 14.5 Å². The standard InChI is InChI=1S/C27H25NO3/c1-27(2,3)19-11-15-21(16-12-19)31-26(29)23-17-25(18-9-13-20(30-4)14-10-18)28-24-8-6-5-7-22(23)24/h5-17H,1-4H3. The van der Waals surface area contributed by atoms with Crippen molar-refractivity contribution >= 4 is 16.9 Å². The van der Waals surface area contributed by atoms with Gasteiger partial charge in [-0.05, 0) is 59.5 Å². The van der Waals surface area contributed by atoms with E-state index in [1.54, 1.807) is 13.2 Å². The molecule has 0 bridgehead atoms. The zero-order valence-electron chi connectivity index (χ0n) is 18.2. The van der Waals surface area contributed by atoms with Gasteiger partial charge in [-0.2, -0.15) is 0 Å². The van der Waals surface area contributed by atoms with Crippen LogP contribution in [0.2, 0.25) is 0 Å². The van der Waals surface area contributed by atoms with Crippen molar-refractivity contribution in [3.05, 3.63) is 90.0 Å². The minimum atomic E-state index is -0.406. The summed E-state index contributed by atoms with van der Waals surface area (Å²) in [5.74, 6) is 0.879. The van der Waals surface area contributed by atoms with Gasteiger partial charge in [-0.3, -0.25) is 0 Å². The molecule has 31 heavy (non-hydrogen) atoms. The molecule has 3 aromatic carbocycles. The number of ether oxygens (including phenoxy) is 2. The first-order valence-electron chi connectivity index (χ1n) is 10.2. The summed E-state index contributed by atoms with van der Waals surface area (Å²) < 4.78 is 11.0. The second-order valence-electron chi connectivity index (χ2n) is 8.46. The second-order valence-corrected chi connectivity index (χ2v) is 8.46. The van der Waals surface area contributed by atoms with Crippen molar-refractivity contribution in [1.82, 2.24) is 4.98 Å². The summed E-state index contributed by atoms with van der Waals surface area (Å²) in [7, 11) is 1.63. The van der Waals surface area contributed by atoms with Crippen LogP contribution in [0.1, 0.15) is 36.7 Å². The summed E-state index contributed by atoms with van der Waals surface area (Å²) in [6.45, 7) is 6.45. The van der Waals surface area contributed by atoms with Gasteiger partial charge >= 0.3 is 5.97 Å². The number of carbonyl (C=O) groups is 1. The van der Waals surface area contributed by atoms with Gasteiger partial charge in [0.2, 0.25) is 0 Å². The Morgan fingerprint density at radius 3 is 2.13 bits per heavy atom. The van der Waals surface area contributed by atoms with Crippen LogP contribution in [0.25, 0.3) is 22.2 Å². The quantitative estimate of drug-likeness (QED) is 0.287. The van der Waals surface area contributed by atoms with E-state index in [0.29, 0.717) is 17.0 Å². The predicted octanol–water partition coefficient (Wildman–Crippen LogP) is 6.43. The topological polar surface area (TPSA) is 48.4 Å². The molecule has 0 aliphatic heterocycles. The van der Waals surface area contributed by atoms with E-state index in [1.807, 2.05) is 72.8 Å². The lowest BCUT2D eigenvalue weighted by Crippen LogP contribution is -2.12. The Labute approximate surface area is 182 Å². The van der Waals surface area contributed by atoms with Crippen LogP contribution in [0.5, 0.6) is 11.5 Å². The lowest BCUT2D eigenvalue weighted by molar-refractivity contribution is 0.0737. The maximum absolute atomic E-state index is 13.1. The Balaban J connectivity index is 1.70. The van der Waals surface area contributed by atoms with Gasteiger partial charge in [0.25, 0.3) is 0 Å². The van der Waals surface area contributed by atoms with Gasteiger partial charge in [-0.15, -0.1) is 0 Å². The molecule has 0 fully saturated rings. The first-order chi connectivity index (χ1) is 14.8. The highest BCUT2D eigenvalue weighted by atomic mass is 16.5. The maximum atomic E-state index is 13.1. The van der Waals surface area contributed by atoms with Crippen LogP contribution in [-0.4, -0.2) is 18.1 Å². The normalized spacial score (nSPS) is 11.4. The van der Waals surface area contributed by atoms with Crippen molar-refractivity contribution in [2.24, 2.45) is 0 Å². The highest BCUT2D eigenvalue weighted by Gasteiger charge is 2.17. The van der Waals surface area contributed by atoms with E-state index < -0.39 is 5.97 Å². The molecule has 0 aliphatic carbocycles. The van der Waals surface area contributed by atoms with E-state index in [-0.39, 0.29) is 5.41 Å². The Morgan fingerprint density at radius 2 is 1.48 bits per heavy atom. The van der Waals surface area contributed by atoms with Gasteiger partial charge in [-0.1, -0.05) is 51.1 Å². The van der Waals surface area contributed by atoms with Gasteiger partial charge in [0.15, 0.2) is 0 Å².